The maximum atomic E-state index is 11.6. The number of carbonyl (C=O) groups is 1. The smallest absolute Gasteiger partial charge is 0.321 e. The molecule has 8 nitrogen and oxygen atoms in total. The van der Waals surface area contributed by atoms with E-state index in [1.165, 1.54) is 0 Å². The Labute approximate surface area is 135 Å². The summed E-state index contributed by atoms with van der Waals surface area (Å²) in [5, 5.41) is 8.60. The van der Waals surface area contributed by atoms with Crippen LogP contribution in [-0.4, -0.2) is 56.0 Å². The second kappa shape index (κ2) is 9.23. The molecule has 9 heteroatoms. The van der Waals surface area contributed by atoms with Crippen molar-refractivity contribution in [3.8, 4) is 0 Å². The summed E-state index contributed by atoms with van der Waals surface area (Å²) in [6.07, 6.45) is 0. The molecule has 0 heterocycles. The van der Waals surface area contributed by atoms with Crippen molar-refractivity contribution in [2.24, 2.45) is 16.5 Å². The third kappa shape index (κ3) is 8.29. The molecule has 0 fully saturated rings. The molecule has 1 rings (SSSR count). The van der Waals surface area contributed by atoms with Crippen LogP contribution in [0.5, 0.6) is 0 Å². The van der Waals surface area contributed by atoms with Gasteiger partial charge in [0, 0.05) is 0 Å². The molecule has 1 atom stereocenters. The van der Waals surface area contributed by atoms with Crippen molar-refractivity contribution in [1.82, 2.24) is 0 Å². The Kier molecular flexibility index (Phi) is 7.66. The number of aliphatic imine (C=N–C) groups is 1. The minimum absolute atomic E-state index is 0.0603. The first-order chi connectivity index (χ1) is 10.8. The average molecular weight is 343 g/mol. The molecule has 5 N–H and O–H groups in total. The lowest BCUT2D eigenvalue weighted by Crippen LogP contribution is -2.38. The third-order valence-corrected chi connectivity index (χ3v) is 4.50. The van der Waals surface area contributed by atoms with E-state index in [4.69, 9.17) is 21.3 Å². The average Bonchev–Trinajstić information content (AvgIpc) is 2.47. The minimum Gasteiger partial charge on any atom is -0.480 e. The van der Waals surface area contributed by atoms with Gasteiger partial charge in [0.1, 0.15) is 18.5 Å². The van der Waals surface area contributed by atoms with E-state index in [1.807, 2.05) is 30.3 Å². The maximum absolute atomic E-state index is 11.6. The Bertz CT molecular complexity index is 631. The van der Waals surface area contributed by atoms with Crippen molar-refractivity contribution in [3.05, 3.63) is 35.9 Å². The number of carboxylic acid groups (broad SMARTS) is 1. The van der Waals surface area contributed by atoms with Gasteiger partial charge in [0.25, 0.3) is 0 Å². The molecule has 0 aliphatic rings. The summed E-state index contributed by atoms with van der Waals surface area (Å²) in [5.41, 5.74) is 11.8. The van der Waals surface area contributed by atoms with Crippen molar-refractivity contribution in [1.29, 1.82) is 0 Å². The van der Waals surface area contributed by atoms with Crippen LogP contribution in [0.3, 0.4) is 0 Å². The zero-order chi connectivity index (χ0) is 17.3. The molecule has 0 aliphatic carbocycles. The molecule has 128 valence electrons. The lowest BCUT2D eigenvalue weighted by molar-refractivity contribution is -0.137. The van der Waals surface area contributed by atoms with Crippen LogP contribution in [0.15, 0.2) is 35.3 Å². The molecule has 0 bridgehead atoms. The molecule has 0 aromatic heterocycles. The molecule has 1 aromatic rings. The number of nitrogens with two attached hydrogens (primary N) is 2. The van der Waals surface area contributed by atoms with Crippen molar-refractivity contribution in [3.63, 3.8) is 0 Å². The normalized spacial score (nSPS) is 13.7. The highest BCUT2D eigenvalue weighted by Crippen LogP contribution is 2.00. The van der Waals surface area contributed by atoms with Crippen LogP contribution in [0.1, 0.15) is 5.56 Å². The molecular formula is C14H21N3O5S. The van der Waals surface area contributed by atoms with Crippen LogP contribution < -0.4 is 11.5 Å². The molecule has 23 heavy (non-hydrogen) atoms. The maximum Gasteiger partial charge on any atom is 0.321 e. The lowest BCUT2D eigenvalue weighted by Gasteiger charge is -2.07. The Balaban J connectivity index is 2.32. The summed E-state index contributed by atoms with van der Waals surface area (Å²) < 4.78 is 28.6. The highest BCUT2D eigenvalue weighted by Gasteiger charge is 2.21. The number of hydrogen-bond donors (Lipinski definition) is 3. The zero-order valence-corrected chi connectivity index (χ0v) is 13.4. The molecule has 0 spiro atoms. The number of ether oxygens (including phenoxy) is 1. The van der Waals surface area contributed by atoms with Crippen LogP contribution in [0.25, 0.3) is 0 Å². The van der Waals surface area contributed by atoms with E-state index in [0.717, 1.165) is 5.56 Å². The third-order valence-electron chi connectivity index (χ3n) is 2.83. The topological polar surface area (TPSA) is 145 Å². The molecule has 0 aliphatic heterocycles. The summed E-state index contributed by atoms with van der Waals surface area (Å²) in [7, 11) is -3.59. The van der Waals surface area contributed by atoms with E-state index in [1.54, 1.807) is 0 Å². The fourth-order valence-corrected chi connectivity index (χ4v) is 2.88. The van der Waals surface area contributed by atoms with Crippen molar-refractivity contribution in [2.75, 3.05) is 24.7 Å². The second-order valence-corrected chi connectivity index (χ2v) is 7.14. The van der Waals surface area contributed by atoms with Crippen molar-refractivity contribution >= 4 is 21.6 Å². The van der Waals surface area contributed by atoms with Crippen LogP contribution in [-0.2, 0) is 26.0 Å². The number of rotatable bonds is 10. The van der Waals surface area contributed by atoms with Gasteiger partial charge in [-0.15, -0.1) is 0 Å². The van der Waals surface area contributed by atoms with Gasteiger partial charge in [0.05, 0.1) is 24.7 Å². The quantitative estimate of drug-likeness (QED) is 0.379. The molecule has 1 aromatic carbocycles. The summed E-state index contributed by atoms with van der Waals surface area (Å²) in [6, 6.07) is 8.06. The highest BCUT2D eigenvalue weighted by atomic mass is 32.2. The number of amidine groups is 1. The van der Waals surface area contributed by atoms with E-state index < -0.39 is 27.6 Å². The van der Waals surface area contributed by atoms with Crippen LogP contribution in [0.2, 0.25) is 0 Å². The minimum atomic E-state index is -3.59. The molecule has 0 saturated heterocycles. The van der Waals surface area contributed by atoms with Gasteiger partial charge in [0.2, 0.25) is 0 Å². The molecule has 0 saturated carbocycles. The Morgan fingerprint density at radius 3 is 2.57 bits per heavy atom. The summed E-state index contributed by atoms with van der Waals surface area (Å²) in [6.45, 7) is 0.404. The lowest BCUT2D eigenvalue weighted by atomic mass is 10.2. The Morgan fingerprint density at radius 2 is 1.96 bits per heavy atom. The highest BCUT2D eigenvalue weighted by molar-refractivity contribution is 7.91. The number of benzene rings is 1. The van der Waals surface area contributed by atoms with Gasteiger partial charge in [-0.05, 0) is 5.56 Å². The first-order valence-corrected chi connectivity index (χ1v) is 8.71. The van der Waals surface area contributed by atoms with Crippen LogP contribution in [0.4, 0.5) is 0 Å². The SMILES string of the molecule is NC(COCc1ccccc1)=NCCS(=O)(=O)CC(N)C(=O)O. The van der Waals surface area contributed by atoms with E-state index in [9.17, 15) is 13.2 Å². The van der Waals surface area contributed by atoms with Gasteiger partial charge >= 0.3 is 5.97 Å². The largest absolute Gasteiger partial charge is 0.480 e. The predicted octanol–water partition coefficient (Wildman–Crippen LogP) is -0.613. The number of carboxylic acids is 1. The molecule has 0 amide bonds. The molecular weight excluding hydrogens is 322 g/mol. The number of aliphatic carboxylic acids is 1. The van der Waals surface area contributed by atoms with Crippen LogP contribution >= 0.6 is 0 Å². The van der Waals surface area contributed by atoms with E-state index in [2.05, 4.69) is 4.99 Å². The Morgan fingerprint density at radius 1 is 1.30 bits per heavy atom. The van der Waals surface area contributed by atoms with Crippen molar-refractivity contribution < 1.29 is 23.1 Å². The van der Waals surface area contributed by atoms with Gasteiger partial charge in [0.15, 0.2) is 9.84 Å². The fraction of sp³-hybridized carbons (Fsp3) is 0.429. The van der Waals surface area contributed by atoms with Gasteiger partial charge in [-0.25, -0.2) is 8.42 Å². The molecule has 1 unspecified atom stereocenters. The monoisotopic (exact) mass is 343 g/mol. The number of hydrogen-bond acceptors (Lipinski definition) is 6. The summed E-state index contributed by atoms with van der Waals surface area (Å²) >= 11 is 0. The Hall–Kier alpha value is -1.97. The van der Waals surface area contributed by atoms with Gasteiger partial charge in [-0.3, -0.25) is 9.79 Å². The van der Waals surface area contributed by atoms with E-state index >= 15 is 0 Å². The number of sulfone groups is 1. The van der Waals surface area contributed by atoms with E-state index in [0.29, 0.717) is 6.61 Å². The summed E-state index contributed by atoms with van der Waals surface area (Å²) in [4.78, 5) is 14.4. The molecule has 0 radical (unpaired) electrons. The first kappa shape index (κ1) is 19.1. The number of nitrogens with zero attached hydrogens (tertiary/aromatic N) is 1. The second-order valence-electron chi connectivity index (χ2n) is 4.91. The van der Waals surface area contributed by atoms with Gasteiger partial charge in [-0.1, -0.05) is 30.3 Å². The summed E-state index contributed by atoms with van der Waals surface area (Å²) in [5.74, 6) is -2.11. The fourth-order valence-electron chi connectivity index (χ4n) is 1.65. The first-order valence-electron chi connectivity index (χ1n) is 6.89. The van der Waals surface area contributed by atoms with Crippen LogP contribution in [0, 0.1) is 0 Å². The van der Waals surface area contributed by atoms with Gasteiger partial charge < -0.3 is 21.3 Å². The standard InChI is InChI=1S/C14H21N3O5S/c15-12(14(18)19)10-23(20,21)7-6-17-13(16)9-22-8-11-4-2-1-3-5-11/h1-5,12H,6-10,15H2,(H2,16,17)(H,18,19). The van der Waals surface area contributed by atoms with Gasteiger partial charge in [-0.2, -0.15) is 0 Å². The van der Waals surface area contributed by atoms with Crippen molar-refractivity contribution in [2.45, 2.75) is 12.6 Å². The van der Waals surface area contributed by atoms with E-state index in [-0.39, 0.29) is 24.7 Å². The zero-order valence-electron chi connectivity index (χ0n) is 12.6. The predicted molar refractivity (Wildman–Crippen MR) is 86.9 cm³/mol.